The van der Waals surface area contributed by atoms with E-state index in [2.05, 4.69) is 10.8 Å². The minimum Gasteiger partial charge on any atom is -0.559 e. The summed E-state index contributed by atoms with van der Waals surface area (Å²) in [6.07, 6.45) is 0. The molecular formula is C9H6Na2O7S. The summed E-state index contributed by atoms with van der Waals surface area (Å²) in [5, 5.41) is 10.7. The van der Waals surface area contributed by atoms with Crippen LogP contribution in [0.15, 0.2) is 17.0 Å². The Kier molecular flexibility index (Phi) is 9.42. The summed E-state index contributed by atoms with van der Waals surface area (Å²) in [5.41, 5.74) is -1.49. The number of ether oxygens (including phenoxy) is 1. The zero-order valence-electron chi connectivity index (χ0n) is 10.5. The topological polar surface area (TPSA) is 121 Å². The molecule has 7 nitrogen and oxygen atoms in total. The monoisotopic (exact) mass is 304 g/mol. The molecule has 1 aromatic carbocycles. The van der Waals surface area contributed by atoms with Gasteiger partial charge in [0.1, 0.15) is 0 Å². The summed E-state index contributed by atoms with van der Waals surface area (Å²) < 4.78 is 35.2. The van der Waals surface area contributed by atoms with Crippen molar-refractivity contribution in [1.82, 2.24) is 0 Å². The van der Waals surface area contributed by atoms with Crippen molar-refractivity contribution in [3.8, 4) is 0 Å². The second-order valence-electron chi connectivity index (χ2n) is 2.87. The number of hydrogen-bond donors (Lipinski definition) is 1. The summed E-state index contributed by atoms with van der Waals surface area (Å²) in [7, 11) is -3.93. The molecule has 0 amide bonds. The Morgan fingerprint density at radius 3 is 2.11 bits per heavy atom. The predicted molar refractivity (Wildman–Crippen MR) is 50.8 cm³/mol. The van der Waals surface area contributed by atoms with Crippen LogP contribution in [-0.4, -0.2) is 32.0 Å². The molecule has 92 valence electrons. The van der Waals surface area contributed by atoms with E-state index < -0.39 is 38.1 Å². The Morgan fingerprint density at radius 2 is 1.74 bits per heavy atom. The van der Waals surface area contributed by atoms with E-state index >= 15 is 0 Å². The van der Waals surface area contributed by atoms with Gasteiger partial charge in [0.2, 0.25) is 0 Å². The third kappa shape index (κ3) is 5.16. The largest absolute Gasteiger partial charge is 1.00 e. The van der Waals surface area contributed by atoms with Crippen molar-refractivity contribution >= 4 is 22.1 Å². The van der Waals surface area contributed by atoms with Gasteiger partial charge in [-0.25, -0.2) is 0 Å². The van der Waals surface area contributed by atoms with E-state index in [0.717, 1.165) is 19.2 Å². The summed E-state index contributed by atoms with van der Waals surface area (Å²) in [6, 6.07) is 3.90. The van der Waals surface area contributed by atoms with Crippen molar-refractivity contribution in [2.75, 3.05) is 7.11 Å². The molecule has 0 fully saturated rings. The second-order valence-corrected chi connectivity index (χ2v) is 4.22. The van der Waals surface area contributed by atoms with E-state index in [0.29, 0.717) is 0 Å². The molecule has 1 N–H and O–H groups in total. The van der Waals surface area contributed by atoms with E-state index in [4.69, 9.17) is 4.55 Å². The van der Waals surface area contributed by atoms with Crippen LogP contribution in [0.25, 0.3) is 0 Å². The van der Waals surface area contributed by atoms with Crippen LogP contribution in [-0.2, 0) is 14.9 Å². The van der Waals surface area contributed by atoms with Crippen molar-refractivity contribution < 1.29 is 91.5 Å². The Labute approximate surface area is 153 Å². The zero-order valence-corrected chi connectivity index (χ0v) is 15.3. The number of esters is 1. The molecule has 0 aliphatic heterocycles. The second kappa shape index (κ2) is 8.38. The molecular weight excluding hydrogens is 298 g/mol. The summed E-state index contributed by atoms with van der Waals surface area (Å²) >= 11 is 0. The molecule has 0 radical (unpaired) electrons. The molecule has 0 saturated heterocycles. The average Bonchev–Trinajstić information content (AvgIpc) is 2.25. The van der Waals surface area contributed by atoms with Gasteiger partial charge < -0.3 is 14.6 Å². The van der Waals surface area contributed by atoms with Gasteiger partial charge in [-0.2, -0.15) is 26.6 Å². The number of carbonyl (C=O) groups excluding carboxylic acids is 2. The Hall–Kier alpha value is 0.0700. The number of aromatic carboxylic acids is 1. The molecule has 0 spiro atoms. The average molecular weight is 304 g/mol. The van der Waals surface area contributed by atoms with Crippen molar-refractivity contribution in [3.05, 3.63) is 29.3 Å². The first kappa shape index (κ1) is 21.4. The molecule has 1 rings (SSSR count). The Balaban J connectivity index is 0. The van der Waals surface area contributed by atoms with Gasteiger partial charge in [0, 0.05) is 10.9 Å². The summed E-state index contributed by atoms with van der Waals surface area (Å²) in [4.78, 5) is 20.8. The Bertz CT molecular complexity index is 582. The number of methoxy groups -OCH3 is 1. The molecule has 0 unspecified atom stereocenters. The van der Waals surface area contributed by atoms with E-state index in [-0.39, 0.29) is 59.1 Å². The fourth-order valence-corrected chi connectivity index (χ4v) is 2.02. The van der Waals surface area contributed by atoms with Crippen LogP contribution in [0, 0.1) is 6.07 Å². The minimum absolute atomic E-state index is 0. The maximum absolute atomic E-state index is 11.2. The molecule has 0 bridgehead atoms. The van der Waals surface area contributed by atoms with Crippen LogP contribution in [0.2, 0.25) is 0 Å². The van der Waals surface area contributed by atoms with E-state index in [1.807, 2.05) is 0 Å². The van der Waals surface area contributed by atoms with E-state index in [1.54, 1.807) is 0 Å². The smallest absolute Gasteiger partial charge is 0.559 e. The van der Waals surface area contributed by atoms with Crippen LogP contribution >= 0.6 is 0 Å². The molecule has 0 aromatic heterocycles. The molecule has 0 saturated carbocycles. The summed E-state index contributed by atoms with van der Waals surface area (Å²) in [5.74, 6) is -2.98. The fraction of sp³-hybridized carbons (Fsp3) is 0.111. The van der Waals surface area contributed by atoms with Crippen LogP contribution < -0.4 is 64.2 Å². The maximum Gasteiger partial charge on any atom is 1.00 e. The minimum atomic E-state index is -4.91. The molecule has 1 aromatic rings. The number of carbonyl (C=O) groups is 2. The molecule has 0 aliphatic carbocycles. The Morgan fingerprint density at radius 1 is 1.26 bits per heavy atom. The SMILES string of the molecule is COC(=O)c1c[c-]cc(C(=O)[O-])c1S(=O)(=O)O.[Na+].[Na+]. The summed E-state index contributed by atoms with van der Waals surface area (Å²) in [6.45, 7) is 0. The van der Waals surface area contributed by atoms with Gasteiger partial charge in [-0.1, -0.05) is 5.56 Å². The standard InChI is InChI=1S/C9H7O7S.2Na/c1-16-9(12)6-4-2-3-5(8(10)11)7(6)17(13,14)15;;/h3-4H,1H3,(H,10,11)(H,13,14,15);;/q-1;2*+1/p-1. The van der Waals surface area contributed by atoms with Gasteiger partial charge in [-0.3, -0.25) is 9.35 Å². The van der Waals surface area contributed by atoms with Crippen LogP contribution in [0.3, 0.4) is 0 Å². The van der Waals surface area contributed by atoms with Crippen molar-refractivity contribution in [3.63, 3.8) is 0 Å². The first-order valence-corrected chi connectivity index (χ1v) is 5.54. The molecule has 19 heavy (non-hydrogen) atoms. The van der Waals surface area contributed by atoms with Crippen LogP contribution in [0.5, 0.6) is 0 Å². The van der Waals surface area contributed by atoms with Crippen molar-refractivity contribution in [2.45, 2.75) is 4.90 Å². The van der Waals surface area contributed by atoms with Crippen molar-refractivity contribution in [1.29, 1.82) is 0 Å². The van der Waals surface area contributed by atoms with E-state index in [9.17, 15) is 23.1 Å². The fourth-order valence-electron chi connectivity index (χ4n) is 1.18. The number of hydrogen-bond acceptors (Lipinski definition) is 6. The van der Waals surface area contributed by atoms with Gasteiger partial charge in [-0.05, 0) is 5.56 Å². The van der Waals surface area contributed by atoms with Gasteiger partial charge in [-0.15, -0.1) is 0 Å². The number of carboxylic acid groups (broad SMARTS) is 1. The van der Waals surface area contributed by atoms with Crippen LogP contribution in [0.1, 0.15) is 20.7 Å². The van der Waals surface area contributed by atoms with Gasteiger partial charge in [0.25, 0.3) is 16.1 Å². The van der Waals surface area contributed by atoms with Gasteiger partial charge in [0.05, 0.1) is 7.11 Å². The van der Waals surface area contributed by atoms with Gasteiger partial charge in [0.15, 0.2) is 0 Å². The third-order valence-corrected chi connectivity index (χ3v) is 2.78. The maximum atomic E-state index is 11.2. The zero-order chi connectivity index (χ0) is 13.2. The van der Waals surface area contributed by atoms with Crippen molar-refractivity contribution in [2.24, 2.45) is 0 Å². The molecule has 10 heteroatoms. The quantitative estimate of drug-likeness (QED) is 0.255. The third-order valence-electron chi connectivity index (χ3n) is 1.83. The molecule has 0 atom stereocenters. The first-order chi connectivity index (χ1) is 7.79. The molecule has 0 heterocycles. The number of carboxylic acids is 1. The number of rotatable bonds is 3. The predicted octanol–water partition coefficient (Wildman–Crippen LogP) is -7.11. The number of benzene rings is 1. The molecule has 0 aliphatic rings. The van der Waals surface area contributed by atoms with E-state index in [1.165, 1.54) is 0 Å². The normalized spacial score (nSPS) is 9.79. The van der Waals surface area contributed by atoms with Crippen LogP contribution in [0.4, 0.5) is 0 Å². The first-order valence-electron chi connectivity index (χ1n) is 4.10. The van der Waals surface area contributed by atoms with Gasteiger partial charge >= 0.3 is 59.1 Å².